The van der Waals surface area contributed by atoms with Crippen LogP contribution in [-0.4, -0.2) is 14.2 Å². The van der Waals surface area contributed by atoms with Crippen LogP contribution < -0.4 is 15.2 Å². The number of rotatable bonds is 6. The molecule has 0 amide bonds. The molecule has 0 atom stereocenters. The minimum Gasteiger partial charge on any atom is -0.494 e. The number of nitriles is 2. The standard InChI is InChI=1S/C22H16ClN3O2S2/c1-27-19-15(11-24)16(12-25)20(28-2)22(30-18-6-4-3-5-17(18)26)21(19)29-14-9-7-13(23)8-10-14/h3-10H,26H2,1-2H3. The van der Waals surface area contributed by atoms with Gasteiger partial charge < -0.3 is 15.2 Å². The lowest BCUT2D eigenvalue weighted by atomic mass is 10.1. The van der Waals surface area contributed by atoms with Crippen LogP contribution in [-0.2, 0) is 0 Å². The van der Waals surface area contributed by atoms with E-state index in [1.165, 1.54) is 37.7 Å². The van der Waals surface area contributed by atoms with Crippen LogP contribution >= 0.6 is 35.1 Å². The Balaban J connectivity index is 2.30. The summed E-state index contributed by atoms with van der Waals surface area (Å²) in [7, 11) is 2.94. The Morgan fingerprint density at radius 3 is 1.87 bits per heavy atom. The lowest BCUT2D eigenvalue weighted by molar-refractivity contribution is 0.382. The van der Waals surface area contributed by atoms with E-state index in [9.17, 15) is 10.5 Å². The highest BCUT2D eigenvalue weighted by molar-refractivity contribution is 8.02. The number of halogens is 1. The number of hydrogen-bond donors (Lipinski definition) is 1. The van der Waals surface area contributed by atoms with Crippen LogP contribution in [0, 0.1) is 22.7 Å². The van der Waals surface area contributed by atoms with E-state index >= 15 is 0 Å². The fraction of sp³-hybridized carbons (Fsp3) is 0.0909. The molecule has 8 heteroatoms. The average Bonchev–Trinajstić information content (AvgIpc) is 2.76. The number of methoxy groups -OCH3 is 2. The van der Waals surface area contributed by atoms with Crippen molar-refractivity contribution in [3.05, 3.63) is 64.7 Å². The average molecular weight is 454 g/mol. The van der Waals surface area contributed by atoms with Gasteiger partial charge in [0.05, 0.1) is 24.0 Å². The Kier molecular flexibility index (Phi) is 7.02. The van der Waals surface area contributed by atoms with Gasteiger partial charge in [0, 0.05) is 20.5 Å². The number of nitrogen functional groups attached to an aromatic ring is 1. The van der Waals surface area contributed by atoms with Crippen molar-refractivity contribution in [3.8, 4) is 23.6 Å². The van der Waals surface area contributed by atoms with Crippen LogP contribution in [0.4, 0.5) is 5.69 Å². The lowest BCUT2D eigenvalue weighted by Gasteiger charge is -2.20. The highest BCUT2D eigenvalue weighted by Crippen LogP contribution is 2.52. The first-order valence-electron chi connectivity index (χ1n) is 8.61. The maximum Gasteiger partial charge on any atom is 0.153 e. The predicted molar refractivity (Wildman–Crippen MR) is 120 cm³/mol. The Morgan fingerprint density at radius 2 is 1.37 bits per heavy atom. The zero-order valence-electron chi connectivity index (χ0n) is 16.1. The van der Waals surface area contributed by atoms with Crippen molar-refractivity contribution in [2.24, 2.45) is 0 Å². The van der Waals surface area contributed by atoms with Gasteiger partial charge in [0.25, 0.3) is 0 Å². The van der Waals surface area contributed by atoms with Crippen molar-refractivity contribution in [3.63, 3.8) is 0 Å². The summed E-state index contributed by atoms with van der Waals surface area (Å²) in [5.74, 6) is 0.617. The summed E-state index contributed by atoms with van der Waals surface area (Å²) in [5, 5.41) is 20.1. The molecule has 30 heavy (non-hydrogen) atoms. The second-order valence-electron chi connectivity index (χ2n) is 5.89. The second-order valence-corrected chi connectivity index (χ2v) is 8.47. The first kappa shape index (κ1) is 21.7. The van der Waals surface area contributed by atoms with Crippen molar-refractivity contribution in [2.45, 2.75) is 19.6 Å². The summed E-state index contributed by atoms with van der Waals surface area (Å²) in [5.41, 5.74) is 6.98. The van der Waals surface area contributed by atoms with Gasteiger partial charge in [0.1, 0.15) is 23.3 Å². The fourth-order valence-electron chi connectivity index (χ4n) is 2.75. The maximum atomic E-state index is 9.75. The van der Waals surface area contributed by atoms with Gasteiger partial charge in [-0.15, -0.1) is 0 Å². The molecule has 0 spiro atoms. The number of benzene rings is 3. The molecule has 0 aliphatic carbocycles. The third-order valence-corrected chi connectivity index (χ3v) is 6.79. The van der Waals surface area contributed by atoms with E-state index in [-0.39, 0.29) is 11.1 Å². The Labute approximate surface area is 188 Å². The number of para-hydroxylation sites is 1. The zero-order chi connectivity index (χ0) is 21.7. The minimum absolute atomic E-state index is 0.120. The molecule has 2 N–H and O–H groups in total. The molecule has 0 aromatic heterocycles. The summed E-state index contributed by atoms with van der Waals surface area (Å²) in [6, 6.07) is 18.9. The fourth-order valence-corrected chi connectivity index (χ4v) is 5.12. The Bertz CT molecular complexity index is 1170. The third-order valence-electron chi connectivity index (χ3n) is 4.12. The molecule has 3 rings (SSSR count). The van der Waals surface area contributed by atoms with Gasteiger partial charge in [-0.2, -0.15) is 10.5 Å². The molecule has 0 unspecified atom stereocenters. The summed E-state index contributed by atoms with van der Waals surface area (Å²) in [4.78, 5) is 2.98. The Hall–Kier alpha value is -2.97. The van der Waals surface area contributed by atoms with Crippen LogP contribution in [0.2, 0.25) is 5.02 Å². The van der Waals surface area contributed by atoms with Crippen molar-refractivity contribution in [1.29, 1.82) is 10.5 Å². The molecule has 0 aliphatic rings. The van der Waals surface area contributed by atoms with Gasteiger partial charge in [-0.05, 0) is 36.4 Å². The first-order chi connectivity index (χ1) is 14.5. The number of anilines is 1. The van der Waals surface area contributed by atoms with Gasteiger partial charge in [-0.25, -0.2) is 0 Å². The molecule has 150 valence electrons. The van der Waals surface area contributed by atoms with E-state index in [4.69, 9.17) is 26.8 Å². The molecule has 3 aromatic carbocycles. The number of nitrogens with two attached hydrogens (primary N) is 1. The van der Waals surface area contributed by atoms with E-state index in [1.54, 1.807) is 18.2 Å². The van der Waals surface area contributed by atoms with Crippen molar-refractivity contribution >= 4 is 40.8 Å². The summed E-state index contributed by atoms with van der Waals surface area (Å²) < 4.78 is 11.2. The van der Waals surface area contributed by atoms with Gasteiger partial charge >= 0.3 is 0 Å². The molecule has 0 fully saturated rings. The summed E-state index contributed by atoms with van der Waals surface area (Å²) >= 11 is 8.76. The van der Waals surface area contributed by atoms with E-state index < -0.39 is 0 Å². The van der Waals surface area contributed by atoms with Gasteiger partial charge in [0.2, 0.25) is 0 Å². The quantitative estimate of drug-likeness (QED) is 0.458. The maximum absolute atomic E-state index is 9.75. The number of ether oxygens (including phenoxy) is 2. The van der Waals surface area contributed by atoms with Gasteiger partial charge in [0.15, 0.2) is 11.5 Å². The third kappa shape index (κ3) is 4.29. The monoisotopic (exact) mass is 453 g/mol. The van der Waals surface area contributed by atoms with Crippen molar-refractivity contribution in [2.75, 3.05) is 20.0 Å². The largest absolute Gasteiger partial charge is 0.494 e. The smallest absolute Gasteiger partial charge is 0.153 e. The molecule has 3 aromatic rings. The first-order valence-corrected chi connectivity index (χ1v) is 10.6. The lowest BCUT2D eigenvalue weighted by Crippen LogP contribution is -2.02. The molecule has 0 saturated heterocycles. The normalized spacial score (nSPS) is 10.2. The van der Waals surface area contributed by atoms with Crippen LogP contribution in [0.25, 0.3) is 0 Å². The molecule has 0 aliphatic heterocycles. The molecular formula is C22H16ClN3O2S2. The summed E-state index contributed by atoms with van der Waals surface area (Å²) in [6.07, 6.45) is 0. The zero-order valence-corrected chi connectivity index (χ0v) is 18.5. The van der Waals surface area contributed by atoms with Crippen LogP contribution in [0.5, 0.6) is 11.5 Å². The van der Waals surface area contributed by atoms with E-state index in [0.717, 1.165) is 9.79 Å². The topological polar surface area (TPSA) is 92.1 Å². The molecular weight excluding hydrogens is 438 g/mol. The molecule has 0 radical (unpaired) electrons. The van der Waals surface area contributed by atoms with E-state index in [1.807, 2.05) is 30.3 Å². The van der Waals surface area contributed by atoms with Gasteiger partial charge in [-0.1, -0.05) is 47.3 Å². The van der Waals surface area contributed by atoms with Gasteiger partial charge in [-0.3, -0.25) is 0 Å². The summed E-state index contributed by atoms with van der Waals surface area (Å²) in [6.45, 7) is 0. The minimum atomic E-state index is 0.120. The van der Waals surface area contributed by atoms with Crippen LogP contribution in [0.1, 0.15) is 11.1 Å². The molecule has 0 bridgehead atoms. The highest BCUT2D eigenvalue weighted by atomic mass is 35.5. The van der Waals surface area contributed by atoms with Crippen molar-refractivity contribution < 1.29 is 9.47 Å². The SMILES string of the molecule is COc1c(C#N)c(C#N)c(OC)c(Sc2ccccc2N)c1Sc1ccc(Cl)cc1. The predicted octanol–water partition coefficient (Wildman–Crippen LogP) is 5.99. The molecule has 0 saturated carbocycles. The molecule has 5 nitrogen and oxygen atoms in total. The van der Waals surface area contributed by atoms with Crippen LogP contribution in [0.3, 0.4) is 0 Å². The van der Waals surface area contributed by atoms with Crippen molar-refractivity contribution in [1.82, 2.24) is 0 Å². The number of hydrogen-bond acceptors (Lipinski definition) is 7. The van der Waals surface area contributed by atoms with Crippen LogP contribution in [0.15, 0.2) is 68.1 Å². The van der Waals surface area contributed by atoms with E-state index in [0.29, 0.717) is 32.0 Å². The Morgan fingerprint density at radius 1 is 0.833 bits per heavy atom. The van der Waals surface area contributed by atoms with E-state index in [2.05, 4.69) is 12.1 Å². The molecule has 0 heterocycles. The second kappa shape index (κ2) is 9.69. The number of nitrogens with zero attached hydrogens (tertiary/aromatic N) is 2. The highest BCUT2D eigenvalue weighted by Gasteiger charge is 2.27.